The van der Waals surface area contributed by atoms with Crippen molar-refractivity contribution in [2.24, 2.45) is 0 Å². The van der Waals surface area contributed by atoms with Crippen molar-refractivity contribution in [3.63, 3.8) is 0 Å². The van der Waals surface area contributed by atoms with Crippen molar-refractivity contribution < 1.29 is 28.5 Å². The lowest BCUT2D eigenvalue weighted by atomic mass is 10.1. The first-order valence-corrected chi connectivity index (χ1v) is 8.74. The first-order chi connectivity index (χ1) is 13.0. The Labute approximate surface area is 159 Å². The standard InChI is InChI=1S/C21H24O6/c1-5-25-19-10-8-16(12-20(19)26-6-2)21(23)27-13-17-11-15(14(3)22)7-9-18(17)24-4/h7-12H,5-6,13H2,1-4H3. The first-order valence-electron chi connectivity index (χ1n) is 8.74. The highest BCUT2D eigenvalue weighted by molar-refractivity contribution is 5.94. The van der Waals surface area contributed by atoms with Crippen LogP contribution in [0.15, 0.2) is 36.4 Å². The second kappa shape index (κ2) is 9.62. The lowest BCUT2D eigenvalue weighted by molar-refractivity contribution is 0.0469. The van der Waals surface area contributed by atoms with Crippen molar-refractivity contribution in [2.75, 3.05) is 20.3 Å². The van der Waals surface area contributed by atoms with Crippen LogP contribution in [-0.4, -0.2) is 32.1 Å². The van der Waals surface area contributed by atoms with Crippen molar-refractivity contribution in [3.05, 3.63) is 53.1 Å². The van der Waals surface area contributed by atoms with Gasteiger partial charge in [-0.2, -0.15) is 0 Å². The number of ketones is 1. The Hall–Kier alpha value is -3.02. The third-order valence-electron chi connectivity index (χ3n) is 3.82. The fourth-order valence-electron chi connectivity index (χ4n) is 2.52. The number of esters is 1. The summed E-state index contributed by atoms with van der Waals surface area (Å²) in [5, 5.41) is 0. The van der Waals surface area contributed by atoms with Crippen LogP contribution in [0.3, 0.4) is 0 Å². The summed E-state index contributed by atoms with van der Waals surface area (Å²) in [5.74, 6) is 1.04. The lowest BCUT2D eigenvalue weighted by Gasteiger charge is -2.13. The molecule has 0 aliphatic rings. The zero-order chi connectivity index (χ0) is 19.8. The predicted molar refractivity (Wildman–Crippen MR) is 101 cm³/mol. The molecule has 2 rings (SSSR count). The van der Waals surface area contributed by atoms with E-state index in [2.05, 4.69) is 0 Å². The van der Waals surface area contributed by atoms with E-state index < -0.39 is 5.97 Å². The lowest BCUT2D eigenvalue weighted by Crippen LogP contribution is -2.08. The number of Topliss-reactive ketones (excluding diaryl/α,β-unsaturated/α-hetero) is 1. The maximum atomic E-state index is 12.4. The molecule has 0 spiro atoms. The van der Waals surface area contributed by atoms with Gasteiger partial charge in [0, 0.05) is 11.1 Å². The average molecular weight is 372 g/mol. The summed E-state index contributed by atoms with van der Waals surface area (Å²) >= 11 is 0. The SMILES string of the molecule is CCOc1ccc(C(=O)OCc2cc(C(C)=O)ccc2OC)cc1OCC. The minimum Gasteiger partial charge on any atom is -0.496 e. The van der Waals surface area contributed by atoms with E-state index in [1.54, 1.807) is 36.4 Å². The molecule has 0 radical (unpaired) electrons. The zero-order valence-electron chi connectivity index (χ0n) is 16.0. The molecular formula is C21H24O6. The predicted octanol–water partition coefficient (Wildman–Crippen LogP) is 4.05. The number of rotatable bonds is 9. The van der Waals surface area contributed by atoms with Crippen molar-refractivity contribution in [1.29, 1.82) is 0 Å². The molecule has 0 fully saturated rings. The third-order valence-corrected chi connectivity index (χ3v) is 3.82. The highest BCUT2D eigenvalue weighted by atomic mass is 16.5. The molecule has 0 unspecified atom stereocenters. The van der Waals surface area contributed by atoms with Crippen LogP contribution in [0.2, 0.25) is 0 Å². The smallest absolute Gasteiger partial charge is 0.338 e. The van der Waals surface area contributed by atoms with E-state index in [1.807, 2.05) is 13.8 Å². The van der Waals surface area contributed by atoms with E-state index in [0.717, 1.165) is 0 Å². The van der Waals surface area contributed by atoms with Crippen molar-refractivity contribution in [3.8, 4) is 17.2 Å². The highest BCUT2D eigenvalue weighted by Crippen LogP contribution is 2.29. The van der Waals surface area contributed by atoms with Crippen LogP contribution in [0.5, 0.6) is 17.2 Å². The Morgan fingerprint density at radius 2 is 1.48 bits per heavy atom. The van der Waals surface area contributed by atoms with E-state index in [-0.39, 0.29) is 12.4 Å². The van der Waals surface area contributed by atoms with Crippen molar-refractivity contribution in [1.82, 2.24) is 0 Å². The van der Waals surface area contributed by atoms with Gasteiger partial charge in [0.05, 0.1) is 25.9 Å². The van der Waals surface area contributed by atoms with Gasteiger partial charge in [-0.1, -0.05) is 0 Å². The minimum atomic E-state index is -0.505. The van der Waals surface area contributed by atoms with Crippen molar-refractivity contribution in [2.45, 2.75) is 27.4 Å². The summed E-state index contributed by atoms with van der Waals surface area (Å²) in [6.07, 6.45) is 0. The van der Waals surface area contributed by atoms with Crippen LogP contribution in [0.4, 0.5) is 0 Å². The molecule has 2 aromatic rings. The van der Waals surface area contributed by atoms with Crippen LogP contribution >= 0.6 is 0 Å². The van der Waals surface area contributed by atoms with Crippen LogP contribution in [0, 0.1) is 0 Å². The summed E-state index contributed by atoms with van der Waals surface area (Å²) < 4.78 is 21.7. The molecule has 0 N–H and O–H groups in total. The quantitative estimate of drug-likeness (QED) is 0.488. The number of hydrogen-bond acceptors (Lipinski definition) is 6. The molecule has 0 aromatic heterocycles. The van der Waals surface area contributed by atoms with E-state index in [0.29, 0.717) is 47.2 Å². The van der Waals surface area contributed by atoms with Crippen LogP contribution in [0.1, 0.15) is 47.1 Å². The third kappa shape index (κ3) is 5.23. The summed E-state index contributed by atoms with van der Waals surface area (Å²) in [5.41, 5.74) is 1.50. The second-order valence-electron chi connectivity index (χ2n) is 5.69. The molecule has 0 aliphatic heterocycles. The normalized spacial score (nSPS) is 10.2. The average Bonchev–Trinajstić information content (AvgIpc) is 2.67. The number of benzene rings is 2. The van der Waals surface area contributed by atoms with Gasteiger partial charge in [0.2, 0.25) is 0 Å². The maximum Gasteiger partial charge on any atom is 0.338 e. The Morgan fingerprint density at radius 1 is 0.852 bits per heavy atom. The molecule has 0 aliphatic carbocycles. The number of carbonyl (C=O) groups excluding carboxylic acids is 2. The molecular weight excluding hydrogens is 348 g/mol. The van der Waals surface area contributed by atoms with Gasteiger partial charge in [-0.3, -0.25) is 4.79 Å². The van der Waals surface area contributed by atoms with Gasteiger partial charge in [0.15, 0.2) is 17.3 Å². The summed E-state index contributed by atoms with van der Waals surface area (Å²) in [4.78, 5) is 24.0. The van der Waals surface area contributed by atoms with Crippen LogP contribution in [0.25, 0.3) is 0 Å². The van der Waals surface area contributed by atoms with Gasteiger partial charge in [-0.25, -0.2) is 4.79 Å². The van der Waals surface area contributed by atoms with E-state index in [4.69, 9.17) is 18.9 Å². The number of ether oxygens (including phenoxy) is 4. The van der Waals surface area contributed by atoms with Gasteiger partial charge in [0.25, 0.3) is 0 Å². The van der Waals surface area contributed by atoms with Gasteiger partial charge < -0.3 is 18.9 Å². The first kappa shape index (κ1) is 20.3. The van der Waals surface area contributed by atoms with E-state index in [9.17, 15) is 9.59 Å². The molecule has 0 saturated carbocycles. The summed E-state index contributed by atoms with van der Waals surface area (Å²) in [6.45, 7) is 6.15. The van der Waals surface area contributed by atoms with Crippen LogP contribution in [-0.2, 0) is 11.3 Å². The van der Waals surface area contributed by atoms with Gasteiger partial charge >= 0.3 is 5.97 Å². The molecule has 6 heteroatoms. The maximum absolute atomic E-state index is 12.4. The molecule has 0 heterocycles. The zero-order valence-corrected chi connectivity index (χ0v) is 16.0. The molecule has 6 nitrogen and oxygen atoms in total. The molecule has 0 atom stereocenters. The largest absolute Gasteiger partial charge is 0.496 e. The molecule has 2 aromatic carbocycles. The monoisotopic (exact) mass is 372 g/mol. The number of methoxy groups -OCH3 is 1. The molecule has 0 bridgehead atoms. The molecule has 0 amide bonds. The number of hydrogen-bond donors (Lipinski definition) is 0. The Morgan fingerprint density at radius 3 is 2.11 bits per heavy atom. The van der Waals surface area contributed by atoms with Gasteiger partial charge in [-0.05, 0) is 57.2 Å². The fourth-order valence-corrected chi connectivity index (χ4v) is 2.52. The molecule has 27 heavy (non-hydrogen) atoms. The topological polar surface area (TPSA) is 71.1 Å². The fraction of sp³-hybridized carbons (Fsp3) is 0.333. The Kier molecular flexibility index (Phi) is 7.23. The van der Waals surface area contributed by atoms with Gasteiger partial charge in [0.1, 0.15) is 12.4 Å². The van der Waals surface area contributed by atoms with Crippen LogP contribution < -0.4 is 14.2 Å². The van der Waals surface area contributed by atoms with E-state index in [1.165, 1.54) is 14.0 Å². The molecule has 144 valence electrons. The Bertz CT molecular complexity index is 812. The highest BCUT2D eigenvalue weighted by Gasteiger charge is 2.15. The Balaban J connectivity index is 2.17. The number of carbonyl (C=O) groups is 2. The van der Waals surface area contributed by atoms with E-state index >= 15 is 0 Å². The van der Waals surface area contributed by atoms with Gasteiger partial charge in [-0.15, -0.1) is 0 Å². The minimum absolute atomic E-state index is 0.0136. The summed E-state index contributed by atoms with van der Waals surface area (Å²) in [7, 11) is 1.52. The summed E-state index contributed by atoms with van der Waals surface area (Å²) in [6, 6.07) is 9.93. The molecule has 0 saturated heterocycles. The van der Waals surface area contributed by atoms with Crippen molar-refractivity contribution >= 4 is 11.8 Å². The second-order valence-corrected chi connectivity index (χ2v) is 5.69.